The smallest absolute Gasteiger partial charge is 0.342 e. The summed E-state index contributed by atoms with van der Waals surface area (Å²) in [6, 6.07) is 9.21. The molecule has 8 heteroatoms. The lowest BCUT2D eigenvalue weighted by atomic mass is 10.2. The first kappa shape index (κ1) is 15.7. The molecule has 2 heterocycles. The second-order valence-electron chi connectivity index (χ2n) is 5.13. The lowest BCUT2D eigenvalue weighted by Crippen LogP contribution is -2.11. The van der Waals surface area contributed by atoms with Crippen molar-refractivity contribution in [3.8, 4) is 11.6 Å². The number of pyridine rings is 1. The third-order valence-corrected chi connectivity index (χ3v) is 3.65. The second kappa shape index (κ2) is 6.53. The number of aromatic nitrogens is 3. The van der Waals surface area contributed by atoms with Crippen LogP contribution in [-0.2, 0) is 6.54 Å². The third kappa shape index (κ3) is 3.12. The van der Waals surface area contributed by atoms with Crippen LogP contribution in [0.1, 0.15) is 5.82 Å². The van der Waals surface area contributed by atoms with Crippen molar-refractivity contribution < 1.29 is 14.4 Å². The van der Waals surface area contributed by atoms with Crippen molar-refractivity contribution in [3.05, 3.63) is 52.5 Å². The van der Waals surface area contributed by atoms with Gasteiger partial charge in [0.05, 0.1) is 12.6 Å². The average molecular weight is 328 g/mol. The molecule has 0 atom stereocenters. The van der Waals surface area contributed by atoms with Crippen molar-refractivity contribution in [1.29, 1.82) is 0 Å². The van der Waals surface area contributed by atoms with Crippen molar-refractivity contribution >= 4 is 16.7 Å². The number of nitrogens with zero attached hydrogens (tertiary/aromatic N) is 4. The lowest BCUT2D eigenvalue weighted by molar-refractivity contribution is -0.392. The topological polar surface area (TPSA) is 92.3 Å². The van der Waals surface area contributed by atoms with Crippen LogP contribution in [0, 0.1) is 17.0 Å². The standard InChI is InChI=1S/C16H16N4O4/c1-11-17-10-16(20(21)22)19(11)7-8-24-13-4-5-14-12(9-13)3-6-15(18-14)23-2/h3-6,9-10H,7-8H2,1-2H3. The average Bonchev–Trinajstić information content (AvgIpc) is 2.95. The number of ether oxygens (including phenoxy) is 2. The Bertz CT molecular complexity index is 891. The number of hydrogen-bond donors (Lipinski definition) is 0. The molecule has 0 saturated heterocycles. The summed E-state index contributed by atoms with van der Waals surface area (Å²) in [6.07, 6.45) is 1.25. The Kier molecular flexibility index (Phi) is 4.28. The number of methoxy groups -OCH3 is 1. The first-order valence-electron chi connectivity index (χ1n) is 7.32. The Morgan fingerprint density at radius 3 is 2.88 bits per heavy atom. The van der Waals surface area contributed by atoms with Gasteiger partial charge in [-0.05, 0) is 29.2 Å². The second-order valence-corrected chi connectivity index (χ2v) is 5.13. The van der Waals surface area contributed by atoms with Crippen LogP contribution in [-0.4, -0.2) is 33.2 Å². The molecule has 3 rings (SSSR count). The van der Waals surface area contributed by atoms with Crippen molar-refractivity contribution in [2.75, 3.05) is 13.7 Å². The zero-order valence-electron chi connectivity index (χ0n) is 13.3. The van der Waals surface area contributed by atoms with Gasteiger partial charge >= 0.3 is 5.82 Å². The van der Waals surface area contributed by atoms with Gasteiger partial charge in [-0.1, -0.05) is 0 Å². The predicted molar refractivity (Wildman–Crippen MR) is 87.4 cm³/mol. The molecule has 8 nitrogen and oxygen atoms in total. The van der Waals surface area contributed by atoms with E-state index in [1.165, 1.54) is 10.8 Å². The molecule has 0 aliphatic heterocycles. The molecule has 0 bridgehead atoms. The quantitative estimate of drug-likeness (QED) is 0.510. The Morgan fingerprint density at radius 1 is 1.29 bits per heavy atom. The van der Waals surface area contributed by atoms with Crippen LogP contribution in [0.15, 0.2) is 36.5 Å². The fourth-order valence-electron chi connectivity index (χ4n) is 2.42. The molecule has 3 aromatic rings. The largest absolute Gasteiger partial charge is 0.489 e. The van der Waals surface area contributed by atoms with E-state index in [9.17, 15) is 10.1 Å². The summed E-state index contributed by atoms with van der Waals surface area (Å²) in [6.45, 7) is 2.37. The van der Waals surface area contributed by atoms with E-state index in [1.54, 1.807) is 20.1 Å². The maximum atomic E-state index is 11.0. The SMILES string of the molecule is COc1ccc2cc(OCCn3c([N+](=O)[O-])cnc3C)ccc2n1. The van der Waals surface area contributed by atoms with Crippen molar-refractivity contribution in [1.82, 2.24) is 14.5 Å². The van der Waals surface area contributed by atoms with Crippen LogP contribution < -0.4 is 9.47 Å². The summed E-state index contributed by atoms with van der Waals surface area (Å²) in [5, 5.41) is 11.9. The molecule has 24 heavy (non-hydrogen) atoms. The summed E-state index contributed by atoms with van der Waals surface area (Å²) in [4.78, 5) is 18.8. The number of fused-ring (bicyclic) bond motifs is 1. The van der Waals surface area contributed by atoms with Crippen LogP contribution in [0.5, 0.6) is 11.6 Å². The highest BCUT2D eigenvalue weighted by atomic mass is 16.6. The monoisotopic (exact) mass is 328 g/mol. The van der Waals surface area contributed by atoms with Crippen molar-refractivity contribution in [2.45, 2.75) is 13.5 Å². The molecule has 0 unspecified atom stereocenters. The van der Waals surface area contributed by atoms with E-state index < -0.39 is 4.92 Å². The Labute approximate surface area is 137 Å². The highest BCUT2D eigenvalue weighted by Crippen LogP contribution is 2.22. The highest BCUT2D eigenvalue weighted by Gasteiger charge is 2.16. The Balaban J connectivity index is 1.70. The van der Waals surface area contributed by atoms with Gasteiger partial charge in [-0.25, -0.2) is 14.5 Å². The number of imidazole rings is 1. The Hall–Kier alpha value is -3.16. The summed E-state index contributed by atoms with van der Waals surface area (Å²) in [7, 11) is 1.57. The van der Waals surface area contributed by atoms with E-state index in [0.29, 0.717) is 30.6 Å². The van der Waals surface area contributed by atoms with E-state index in [2.05, 4.69) is 9.97 Å². The Morgan fingerprint density at radius 2 is 2.12 bits per heavy atom. The highest BCUT2D eigenvalue weighted by molar-refractivity contribution is 5.80. The van der Waals surface area contributed by atoms with E-state index >= 15 is 0 Å². The van der Waals surface area contributed by atoms with Gasteiger partial charge in [-0.15, -0.1) is 0 Å². The molecule has 2 aromatic heterocycles. The zero-order chi connectivity index (χ0) is 17.1. The molecule has 1 aromatic carbocycles. The van der Waals surface area contributed by atoms with E-state index in [4.69, 9.17) is 9.47 Å². The van der Waals surface area contributed by atoms with Crippen LogP contribution in [0.2, 0.25) is 0 Å². The summed E-state index contributed by atoms with van der Waals surface area (Å²) in [5.74, 6) is 1.78. The van der Waals surface area contributed by atoms with Gasteiger partial charge in [-0.2, -0.15) is 0 Å². The molecule has 0 N–H and O–H groups in total. The van der Waals surface area contributed by atoms with Gasteiger partial charge < -0.3 is 19.6 Å². The van der Waals surface area contributed by atoms with Gasteiger partial charge in [0.2, 0.25) is 5.88 Å². The molecular formula is C16H16N4O4. The molecular weight excluding hydrogens is 312 g/mol. The maximum absolute atomic E-state index is 11.0. The minimum atomic E-state index is -0.449. The van der Waals surface area contributed by atoms with E-state index in [1.807, 2.05) is 24.3 Å². The minimum Gasteiger partial charge on any atom is -0.489 e. The number of nitro groups is 1. The molecule has 0 fully saturated rings. The molecule has 0 spiro atoms. The van der Waals surface area contributed by atoms with Crippen LogP contribution in [0.25, 0.3) is 10.9 Å². The van der Waals surface area contributed by atoms with Crippen LogP contribution >= 0.6 is 0 Å². The number of benzene rings is 1. The van der Waals surface area contributed by atoms with Gasteiger partial charge in [0, 0.05) is 18.4 Å². The number of rotatable bonds is 6. The van der Waals surface area contributed by atoms with Crippen LogP contribution in [0.4, 0.5) is 5.82 Å². The normalized spacial score (nSPS) is 10.8. The summed E-state index contributed by atoms with van der Waals surface area (Å²) in [5.41, 5.74) is 0.808. The lowest BCUT2D eigenvalue weighted by Gasteiger charge is -2.08. The maximum Gasteiger partial charge on any atom is 0.342 e. The molecule has 0 aliphatic carbocycles. The predicted octanol–water partition coefficient (Wildman–Crippen LogP) is 2.74. The molecule has 0 radical (unpaired) electrons. The summed E-state index contributed by atoms with van der Waals surface area (Å²) < 4.78 is 12.3. The molecule has 0 amide bonds. The molecule has 124 valence electrons. The van der Waals surface area contributed by atoms with E-state index in [-0.39, 0.29) is 5.82 Å². The van der Waals surface area contributed by atoms with Crippen molar-refractivity contribution in [3.63, 3.8) is 0 Å². The van der Waals surface area contributed by atoms with Gasteiger partial charge in [0.25, 0.3) is 0 Å². The van der Waals surface area contributed by atoms with E-state index in [0.717, 1.165) is 10.9 Å². The first-order valence-corrected chi connectivity index (χ1v) is 7.32. The van der Waals surface area contributed by atoms with Gasteiger partial charge in [0.15, 0.2) is 5.82 Å². The molecule has 0 saturated carbocycles. The third-order valence-electron chi connectivity index (χ3n) is 3.65. The minimum absolute atomic E-state index is 0.0362. The first-order chi connectivity index (χ1) is 11.6. The number of aryl methyl sites for hydroxylation is 1. The van der Waals surface area contributed by atoms with Gasteiger partial charge in [0.1, 0.15) is 25.1 Å². The van der Waals surface area contributed by atoms with Crippen LogP contribution in [0.3, 0.4) is 0 Å². The number of hydrogen-bond acceptors (Lipinski definition) is 6. The molecule has 0 aliphatic rings. The van der Waals surface area contributed by atoms with Crippen molar-refractivity contribution in [2.24, 2.45) is 0 Å². The van der Waals surface area contributed by atoms with Gasteiger partial charge in [-0.3, -0.25) is 0 Å². The fraction of sp³-hybridized carbons (Fsp3) is 0.250. The fourth-order valence-corrected chi connectivity index (χ4v) is 2.42. The summed E-state index contributed by atoms with van der Waals surface area (Å²) >= 11 is 0. The zero-order valence-corrected chi connectivity index (χ0v) is 13.3.